The molecule has 1 unspecified atom stereocenters. The van der Waals surface area contributed by atoms with Crippen LogP contribution >= 0.6 is 15.9 Å². The van der Waals surface area contributed by atoms with E-state index in [4.69, 9.17) is 9.47 Å². The van der Waals surface area contributed by atoms with Gasteiger partial charge in [0.15, 0.2) is 11.5 Å². The lowest BCUT2D eigenvalue weighted by atomic mass is 10.1. The minimum absolute atomic E-state index is 0.0444. The normalized spacial score (nSPS) is 11.8. The Labute approximate surface area is 132 Å². The van der Waals surface area contributed by atoms with E-state index in [9.17, 15) is 5.11 Å². The summed E-state index contributed by atoms with van der Waals surface area (Å²) < 4.78 is 11.3. The number of phenols is 1. The lowest BCUT2D eigenvalue weighted by Crippen LogP contribution is -2.07. The molecule has 0 aliphatic rings. The third-order valence-corrected chi connectivity index (χ3v) is 3.94. The molecule has 0 aromatic heterocycles. The van der Waals surface area contributed by atoms with E-state index in [1.165, 1.54) is 7.11 Å². The molecular weight excluding hydrogens is 334 g/mol. The molecule has 2 aromatic rings. The Hall–Kier alpha value is -1.88. The third-order valence-electron chi connectivity index (χ3n) is 3.25. The summed E-state index contributed by atoms with van der Waals surface area (Å²) in [6, 6.07) is 11.1. The van der Waals surface area contributed by atoms with E-state index in [0.29, 0.717) is 5.75 Å². The number of hydrogen-bond donors (Lipinski definition) is 2. The molecular formula is C16H18BrNO3. The maximum absolute atomic E-state index is 9.65. The van der Waals surface area contributed by atoms with Crippen LogP contribution in [0.3, 0.4) is 0 Å². The predicted octanol–water partition coefficient (Wildman–Crippen LogP) is 4.35. The molecule has 1 atom stereocenters. The van der Waals surface area contributed by atoms with Gasteiger partial charge in [0.25, 0.3) is 0 Å². The lowest BCUT2D eigenvalue weighted by Gasteiger charge is -2.18. The number of anilines is 1. The molecule has 2 N–H and O–H groups in total. The predicted molar refractivity (Wildman–Crippen MR) is 87.4 cm³/mol. The van der Waals surface area contributed by atoms with E-state index in [1.807, 2.05) is 37.3 Å². The number of nitrogens with one attached hydrogen (secondary N) is 1. The van der Waals surface area contributed by atoms with Crippen LogP contribution in [0.2, 0.25) is 0 Å². The first-order valence-electron chi connectivity index (χ1n) is 6.52. The molecule has 0 bridgehead atoms. The van der Waals surface area contributed by atoms with Crippen LogP contribution < -0.4 is 14.8 Å². The van der Waals surface area contributed by atoms with Gasteiger partial charge in [-0.1, -0.05) is 6.07 Å². The summed E-state index contributed by atoms with van der Waals surface area (Å²) in [6.07, 6.45) is 0. The first-order valence-corrected chi connectivity index (χ1v) is 7.31. The van der Waals surface area contributed by atoms with Crippen molar-refractivity contribution >= 4 is 21.6 Å². The first-order chi connectivity index (χ1) is 10.0. The van der Waals surface area contributed by atoms with Crippen molar-refractivity contribution in [3.05, 3.63) is 46.4 Å². The highest BCUT2D eigenvalue weighted by atomic mass is 79.9. The van der Waals surface area contributed by atoms with Crippen molar-refractivity contribution in [2.75, 3.05) is 19.5 Å². The quantitative estimate of drug-likeness (QED) is 0.840. The zero-order valence-electron chi connectivity index (χ0n) is 12.2. The second-order valence-electron chi connectivity index (χ2n) is 4.64. The Morgan fingerprint density at radius 3 is 2.52 bits per heavy atom. The summed E-state index contributed by atoms with van der Waals surface area (Å²) in [5, 5.41) is 13.1. The van der Waals surface area contributed by atoms with Crippen LogP contribution in [0.5, 0.6) is 17.2 Å². The van der Waals surface area contributed by atoms with Crippen molar-refractivity contribution in [2.24, 2.45) is 0 Å². The fraction of sp³-hybridized carbons (Fsp3) is 0.250. The summed E-state index contributed by atoms with van der Waals surface area (Å²) in [6.45, 7) is 2.04. The molecule has 0 fully saturated rings. The zero-order valence-corrected chi connectivity index (χ0v) is 13.8. The van der Waals surface area contributed by atoms with Crippen molar-refractivity contribution in [1.29, 1.82) is 0 Å². The van der Waals surface area contributed by atoms with Gasteiger partial charge in [0.2, 0.25) is 0 Å². The minimum atomic E-state index is 0.0444. The van der Waals surface area contributed by atoms with Crippen LogP contribution in [0, 0.1) is 0 Å². The first kappa shape index (κ1) is 15.5. The molecule has 0 amide bonds. The second-order valence-corrected chi connectivity index (χ2v) is 5.50. The van der Waals surface area contributed by atoms with Crippen LogP contribution in [0.1, 0.15) is 18.5 Å². The summed E-state index contributed by atoms with van der Waals surface area (Å²) >= 11 is 3.52. The van der Waals surface area contributed by atoms with Crippen LogP contribution in [-0.2, 0) is 0 Å². The fourth-order valence-electron chi connectivity index (χ4n) is 2.02. The number of phenolic OH excluding ortho intramolecular Hbond substituents is 1. The van der Waals surface area contributed by atoms with E-state index in [1.54, 1.807) is 13.2 Å². The summed E-state index contributed by atoms with van der Waals surface area (Å²) in [4.78, 5) is 0. The average Bonchev–Trinajstić information content (AvgIpc) is 2.49. The highest BCUT2D eigenvalue weighted by Gasteiger charge is 2.11. The van der Waals surface area contributed by atoms with Crippen molar-refractivity contribution in [3.63, 3.8) is 0 Å². The van der Waals surface area contributed by atoms with Gasteiger partial charge in [-0.05, 0) is 52.7 Å². The fourth-order valence-corrected chi connectivity index (χ4v) is 2.38. The SMILES string of the molecule is COc1ccc(Br)c(NC(C)c2ccc(O)c(OC)c2)c1. The maximum Gasteiger partial charge on any atom is 0.160 e. The van der Waals surface area contributed by atoms with Gasteiger partial charge < -0.3 is 19.9 Å². The van der Waals surface area contributed by atoms with Crippen LogP contribution in [0.15, 0.2) is 40.9 Å². The van der Waals surface area contributed by atoms with Crippen molar-refractivity contribution < 1.29 is 14.6 Å². The molecule has 0 spiro atoms. The molecule has 0 saturated heterocycles. The molecule has 4 nitrogen and oxygen atoms in total. The van der Waals surface area contributed by atoms with Gasteiger partial charge in [0.1, 0.15) is 5.75 Å². The van der Waals surface area contributed by atoms with Crippen LogP contribution in [0.4, 0.5) is 5.69 Å². The maximum atomic E-state index is 9.65. The molecule has 0 heterocycles. The number of rotatable bonds is 5. The number of methoxy groups -OCH3 is 2. The molecule has 2 aromatic carbocycles. The van der Waals surface area contributed by atoms with E-state index >= 15 is 0 Å². The zero-order chi connectivity index (χ0) is 15.4. The van der Waals surface area contributed by atoms with E-state index in [-0.39, 0.29) is 11.8 Å². The van der Waals surface area contributed by atoms with E-state index in [2.05, 4.69) is 21.2 Å². The molecule has 2 rings (SSSR count). The molecule has 21 heavy (non-hydrogen) atoms. The summed E-state index contributed by atoms with van der Waals surface area (Å²) in [5.74, 6) is 1.39. The largest absolute Gasteiger partial charge is 0.504 e. The number of ether oxygens (including phenoxy) is 2. The van der Waals surface area contributed by atoms with Gasteiger partial charge >= 0.3 is 0 Å². The standard InChI is InChI=1S/C16H18BrNO3/c1-10(11-4-7-15(19)16(8-11)21-3)18-14-9-12(20-2)5-6-13(14)17/h4-10,18-19H,1-3H3. The molecule has 0 aliphatic carbocycles. The number of benzene rings is 2. The Kier molecular flexibility index (Phi) is 4.96. The van der Waals surface area contributed by atoms with Gasteiger partial charge in [-0.2, -0.15) is 0 Å². The van der Waals surface area contributed by atoms with Gasteiger partial charge in [-0.25, -0.2) is 0 Å². The summed E-state index contributed by atoms with van der Waals surface area (Å²) in [7, 11) is 3.18. The Morgan fingerprint density at radius 1 is 1.10 bits per heavy atom. The Balaban J connectivity index is 2.23. The third kappa shape index (κ3) is 3.61. The number of halogens is 1. The smallest absolute Gasteiger partial charge is 0.160 e. The topological polar surface area (TPSA) is 50.7 Å². The molecule has 0 saturated carbocycles. The molecule has 0 radical (unpaired) electrons. The van der Waals surface area contributed by atoms with Crippen molar-refractivity contribution in [1.82, 2.24) is 0 Å². The van der Waals surface area contributed by atoms with Crippen molar-refractivity contribution in [3.8, 4) is 17.2 Å². The number of hydrogen-bond acceptors (Lipinski definition) is 4. The molecule has 0 aliphatic heterocycles. The Morgan fingerprint density at radius 2 is 1.86 bits per heavy atom. The van der Waals surface area contributed by atoms with Crippen molar-refractivity contribution in [2.45, 2.75) is 13.0 Å². The van der Waals surface area contributed by atoms with Gasteiger partial charge in [-0.15, -0.1) is 0 Å². The summed E-state index contributed by atoms with van der Waals surface area (Å²) in [5.41, 5.74) is 1.95. The molecule has 112 valence electrons. The average molecular weight is 352 g/mol. The van der Waals surface area contributed by atoms with Gasteiger partial charge in [-0.3, -0.25) is 0 Å². The van der Waals surface area contributed by atoms with Crippen LogP contribution in [-0.4, -0.2) is 19.3 Å². The monoisotopic (exact) mass is 351 g/mol. The highest BCUT2D eigenvalue weighted by molar-refractivity contribution is 9.10. The lowest BCUT2D eigenvalue weighted by molar-refractivity contribution is 0.373. The molecule has 5 heteroatoms. The van der Waals surface area contributed by atoms with Gasteiger partial charge in [0.05, 0.1) is 19.9 Å². The van der Waals surface area contributed by atoms with E-state index in [0.717, 1.165) is 21.5 Å². The number of aromatic hydroxyl groups is 1. The van der Waals surface area contributed by atoms with Gasteiger partial charge in [0, 0.05) is 16.6 Å². The minimum Gasteiger partial charge on any atom is -0.504 e. The Bertz CT molecular complexity index is 631. The highest BCUT2D eigenvalue weighted by Crippen LogP contribution is 2.33. The second kappa shape index (κ2) is 6.72. The van der Waals surface area contributed by atoms with E-state index < -0.39 is 0 Å². The van der Waals surface area contributed by atoms with Crippen LogP contribution in [0.25, 0.3) is 0 Å².